The number of carbonyl (C=O) groups is 2. The first-order valence-corrected chi connectivity index (χ1v) is 9.72. The Hall–Kier alpha value is -2.78. The molecule has 1 aliphatic heterocycles. The van der Waals surface area contributed by atoms with Crippen molar-refractivity contribution in [2.45, 2.75) is 37.1 Å². The molecule has 160 valence electrons. The smallest absolute Gasteiger partial charge is 0.327 e. The van der Waals surface area contributed by atoms with E-state index in [0.29, 0.717) is 12.8 Å². The van der Waals surface area contributed by atoms with Gasteiger partial charge in [0.15, 0.2) is 0 Å². The van der Waals surface area contributed by atoms with Crippen LogP contribution in [0.1, 0.15) is 23.5 Å². The minimum atomic E-state index is -1.18. The lowest BCUT2D eigenvalue weighted by atomic mass is 9.84. The Morgan fingerprint density at radius 1 is 1.00 bits per heavy atom. The van der Waals surface area contributed by atoms with Gasteiger partial charge in [0.1, 0.15) is 24.8 Å². The number of benzene rings is 2. The SMILES string of the molecule is COC1CC(OC)NC(N(C=O)C(C(=O)O)C(c2ccccc2)c2ccccc2)N1. The molecule has 2 aromatic rings. The highest BCUT2D eigenvalue weighted by Crippen LogP contribution is 2.32. The van der Waals surface area contributed by atoms with Crippen molar-refractivity contribution >= 4 is 12.4 Å². The third-order valence-corrected chi connectivity index (χ3v) is 5.31. The third kappa shape index (κ3) is 4.85. The number of methoxy groups -OCH3 is 2. The van der Waals surface area contributed by atoms with Crippen molar-refractivity contribution in [2.75, 3.05) is 14.2 Å². The lowest BCUT2D eigenvalue weighted by Crippen LogP contribution is -2.68. The Bertz CT molecular complexity index is 769. The standard InChI is InChI=1S/C22H27N3O5/c1-29-17-13-18(30-2)24-22(23-17)25(14-26)20(21(27)28)19(15-9-5-3-6-10-15)16-11-7-4-8-12-16/h3-12,14,17-20,22-24H,13H2,1-2H3,(H,27,28). The topological polar surface area (TPSA) is 100 Å². The number of aliphatic carboxylic acids is 1. The van der Waals surface area contributed by atoms with Gasteiger partial charge >= 0.3 is 5.97 Å². The molecular formula is C22H27N3O5. The highest BCUT2D eigenvalue weighted by molar-refractivity contribution is 5.79. The van der Waals surface area contributed by atoms with E-state index in [9.17, 15) is 14.7 Å². The van der Waals surface area contributed by atoms with Gasteiger partial charge < -0.3 is 19.5 Å². The fraction of sp³-hybridized carbons (Fsp3) is 0.364. The van der Waals surface area contributed by atoms with Gasteiger partial charge in [0.2, 0.25) is 6.41 Å². The van der Waals surface area contributed by atoms with Gasteiger partial charge in [-0.2, -0.15) is 0 Å². The van der Waals surface area contributed by atoms with Gasteiger partial charge in [-0.1, -0.05) is 60.7 Å². The first-order chi connectivity index (χ1) is 14.6. The van der Waals surface area contributed by atoms with Crippen LogP contribution in [0.4, 0.5) is 0 Å². The minimum Gasteiger partial charge on any atom is -0.480 e. The van der Waals surface area contributed by atoms with Gasteiger partial charge in [0.25, 0.3) is 0 Å². The summed E-state index contributed by atoms with van der Waals surface area (Å²) in [7, 11) is 3.09. The van der Waals surface area contributed by atoms with E-state index in [-0.39, 0.29) is 0 Å². The monoisotopic (exact) mass is 413 g/mol. The normalized spacial score (nSPS) is 22.4. The van der Waals surface area contributed by atoms with Crippen LogP contribution in [0.5, 0.6) is 0 Å². The maximum atomic E-state index is 12.5. The summed E-state index contributed by atoms with van der Waals surface area (Å²) >= 11 is 0. The zero-order valence-electron chi connectivity index (χ0n) is 17.0. The van der Waals surface area contributed by atoms with E-state index in [2.05, 4.69) is 10.6 Å². The summed E-state index contributed by atoms with van der Waals surface area (Å²) in [6, 6.07) is 17.5. The summed E-state index contributed by atoms with van der Waals surface area (Å²) in [5, 5.41) is 16.5. The largest absolute Gasteiger partial charge is 0.480 e. The van der Waals surface area contributed by atoms with Crippen molar-refractivity contribution in [3.8, 4) is 0 Å². The Morgan fingerprint density at radius 3 is 1.83 bits per heavy atom. The van der Waals surface area contributed by atoms with Crippen LogP contribution in [-0.4, -0.2) is 61.4 Å². The zero-order valence-corrected chi connectivity index (χ0v) is 17.0. The number of nitrogens with one attached hydrogen (secondary N) is 2. The van der Waals surface area contributed by atoms with E-state index in [0.717, 1.165) is 11.1 Å². The number of carboxylic acid groups (broad SMARTS) is 1. The number of hydrogen-bond acceptors (Lipinski definition) is 6. The molecule has 30 heavy (non-hydrogen) atoms. The highest BCUT2D eigenvalue weighted by atomic mass is 16.5. The average molecular weight is 413 g/mol. The van der Waals surface area contributed by atoms with Crippen molar-refractivity contribution in [3.05, 3.63) is 71.8 Å². The highest BCUT2D eigenvalue weighted by Gasteiger charge is 2.41. The predicted octanol–water partition coefficient (Wildman–Crippen LogP) is 1.54. The molecule has 0 spiro atoms. The van der Waals surface area contributed by atoms with E-state index in [4.69, 9.17) is 9.47 Å². The van der Waals surface area contributed by atoms with Crippen LogP contribution in [0.25, 0.3) is 0 Å². The van der Waals surface area contributed by atoms with Crippen molar-refractivity contribution in [1.82, 2.24) is 15.5 Å². The first kappa shape index (κ1) is 21.9. The van der Waals surface area contributed by atoms with Crippen molar-refractivity contribution in [3.63, 3.8) is 0 Å². The van der Waals surface area contributed by atoms with Crippen LogP contribution < -0.4 is 10.6 Å². The minimum absolute atomic E-state index is 0.398. The van der Waals surface area contributed by atoms with Crippen LogP contribution in [-0.2, 0) is 19.1 Å². The number of rotatable bonds is 9. The number of nitrogens with zero attached hydrogens (tertiary/aromatic N) is 1. The third-order valence-electron chi connectivity index (χ3n) is 5.31. The van der Waals surface area contributed by atoms with Crippen molar-refractivity contribution in [2.24, 2.45) is 0 Å². The van der Waals surface area contributed by atoms with E-state index in [1.165, 1.54) is 4.90 Å². The van der Waals surface area contributed by atoms with Crippen LogP contribution in [0, 0.1) is 0 Å². The Kier molecular flexibility index (Phi) is 7.53. The van der Waals surface area contributed by atoms with Gasteiger partial charge in [0, 0.05) is 26.6 Å². The summed E-state index contributed by atoms with van der Waals surface area (Å²) in [4.78, 5) is 26.0. The van der Waals surface area contributed by atoms with Gasteiger partial charge in [-0.25, -0.2) is 4.79 Å². The summed E-state index contributed by atoms with van der Waals surface area (Å²) in [5.41, 5.74) is 1.59. The molecule has 1 saturated heterocycles. The van der Waals surface area contributed by atoms with Crippen LogP contribution in [0.15, 0.2) is 60.7 Å². The molecule has 2 aromatic carbocycles. The summed E-state index contributed by atoms with van der Waals surface area (Å²) in [5.74, 6) is -1.69. The van der Waals surface area contributed by atoms with Gasteiger partial charge in [0.05, 0.1) is 0 Å². The van der Waals surface area contributed by atoms with E-state index < -0.39 is 36.7 Å². The number of hydrogen-bond donors (Lipinski definition) is 3. The van der Waals surface area contributed by atoms with E-state index in [1.54, 1.807) is 14.2 Å². The molecule has 0 aromatic heterocycles. The predicted molar refractivity (Wildman–Crippen MR) is 110 cm³/mol. The molecule has 0 saturated carbocycles. The molecule has 8 heteroatoms. The van der Waals surface area contributed by atoms with Crippen LogP contribution >= 0.6 is 0 Å². The van der Waals surface area contributed by atoms with Gasteiger partial charge in [-0.15, -0.1) is 0 Å². The Balaban J connectivity index is 2.03. The number of carboxylic acids is 1. The second-order valence-electron chi connectivity index (χ2n) is 7.05. The summed E-state index contributed by atoms with van der Waals surface area (Å²) in [6.45, 7) is 0. The molecule has 0 bridgehead atoms. The molecule has 1 amide bonds. The molecular weight excluding hydrogens is 386 g/mol. The average Bonchev–Trinajstić information content (AvgIpc) is 2.79. The van der Waals surface area contributed by atoms with Crippen molar-refractivity contribution < 1.29 is 24.2 Å². The number of carbonyl (C=O) groups excluding carboxylic acids is 1. The second kappa shape index (κ2) is 10.3. The Morgan fingerprint density at radius 2 is 1.47 bits per heavy atom. The number of ether oxygens (including phenoxy) is 2. The van der Waals surface area contributed by atoms with Crippen molar-refractivity contribution in [1.29, 1.82) is 0 Å². The molecule has 3 rings (SSSR count). The molecule has 3 unspecified atom stereocenters. The maximum absolute atomic E-state index is 12.5. The molecule has 1 heterocycles. The maximum Gasteiger partial charge on any atom is 0.327 e. The molecule has 0 radical (unpaired) electrons. The van der Waals surface area contributed by atoms with Gasteiger partial charge in [-0.3, -0.25) is 15.4 Å². The molecule has 3 atom stereocenters. The van der Waals surface area contributed by atoms with E-state index >= 15 is 0 Å². The lowest BCUT2D eigenvalue weighted by Gasteiger charge is -2.43. The first-order valence-electron chi connectivity index (χ1n) is 9.72. The summed E-state index contributed by atoms with van der Waals surface area (Å²) < 4.78 is 10.8. The molecule has 1 fully saturated rings. The Labute approximate surface area is 175 Å². The molecule has 3 N–H and O–H groups in total. The lowest BCUT2D eigenvalue weighted by molar-refractivity contribution is -0.155. The zero-order chi connectivity index (χ0) is 21.5. The quantitative estimate of drug-likeness (QED) is 0.536. The summed E-state index contributed by atoms with van der Waals surface area (Å²) in [6.07, 6.45) is -0.529. The molecule has 1 aliphatic rings. The second-order valence-corrected chi connectivity index (χ2v) is 7.05. The molecule has 0 aliphatic carbocycles. The number of amides is 1. The fourth-order valence-electron chi connectivity index (χ4n) is 3.84. The van der Waals surface area contributed by atoms with Crippen LogP contribution in [0.3, 0.4) is 0 Å². The van der Waals surface area contributed by atoms with Crippen LogP contribution in [0.2, 0.25) is 0 Å². The fourth-order valence-corrected chi connectivity index (χ4v) is 3.84. The van der Waals surface area contributed by atoms with Gasteiger partial charge in [-0.05, 0) is 11.1 Å². The molecule has 8 nitrogen and oxygen atoms in total. The van der Waals surface area contributed by atoms with E-state index in [1.807, 2.05) is 60.7 Å².